The van der Waals surface area contributed by atoms with Crippen molar-refractivity contribution < 1.29 is 9.59 Å². The molecule has 2 N–H and O–H groups in total. The predicted molar refractivity (Wildman–Crippen MR) is 105 cm³/mol. The number of nitrogens with one attached hydrogen (secondary N) is 2. The molecule has 4 rings (SSSR count). The van der Waals surface area contributed by atoms with Gasteiger partial charge in [0.2, 0.25) is 11.8 Å². The average molecular weight is 367 g/mol. The van der Waals surface area contributed by atoms with Crippen LogP contribution in [0, 0.1) is 5.92 Å². The standard InChI is InChI=1S/C20H25N5O2/c1-24(2)12-18(26)25-9-6-13(7-10-25)16-11-17(23-20(27)14-3-4-14)22-19-15(16)5-8-21-19/h5-6,8,11,14H,3-4,7,9-10,12H2,1-2H3,(H2,21,22,23,27). The summed E-state index contributed by atoms with van der Waals surface area (Å²) in [5.74, 6) is 0.926. The van der Waals surface area contributed by atoms with Crippen molar-refractivity contribution in [2.45, 2.75) is 19.3 Å². The lowest BCUT2D eigenvalue weighted by atomic mass is 9.97. The van der Waals surface area contributed by atoms with Crippen LogP contribution in [0.1, 0.15) is 24.8 Å². The molecule has 7 nitrogen and oxygen atoms in total. The van der Waals surface area contributed by atoms with E-state index in [-0.39, 0.29) is 17.7 Å². The van der Waals surface area contributed by atoms with Crippen LogP contribution < -0.4 is 5.32 Å². The Balaban J connectivity index is 1.57. The third-order valence-electron chi connectivity index (χ3n) is 5.09. The molecule has 1 fully saturated rings. The maximum atomic E-state index is 12.3. The Hall–Kier alpha value is -2.67. The molecule has 0 radical (unpaired) electrons. The second-order valence-electron chi connectivity index (χ2n) is 7.62. The number of carbonyl (C=O) groups is 2. The number of aromatic nitrogens is 2. The van der Waals surface area contributed by atoms with Crippen LogP contribution >= 0.6 is 0 Å². The van der Waals surface area contributed by atoms with Gasteiger partial charge in [0.25, 0.3) is 0 Å². The van der Waals surface area contributed by atoms with Gasteiger partial charge in [0, 0.05) is 30.6 Å². The van der Waals surface area contributed by atoms with Crippen molar-refractivity contribution in [3.63, 3.8) is 0 Å². The van der Waals surface area contributed by atoms with Crippen LogP contribution in [0.5, 0.6) is 0 Å². The first-order chi connectivity index (χ1) is 13.0. The summed E-state index contributed by atoms with van der Waals surface area (Å²) >= 11 is 0. The molecule has 1 aliphatic heterocycles. The van der Waals surface area contributed by atoms with Gasteiger partial charge in [-0.15, -0.1) is 0 Å². The van der Waals surface area contributed by atoms with Crippen molar-refractivity contribution >= 4 is 34.2 Å². The molecule has 1 aliphatic carbocycles. The molecule has 7 heteroatoms. The van der Waals surface area contributed by atoms with Crippen molar-refractivity contribution in [2.75, 3.05) is 39.0 Å². The van der Waals surface area contributed by atoms with Gasteiger partial charge in [-0.2, -0.15) is 0 Å². The van der Waals surface area contributed by atoms with E-state index < -0.39 is 0 Å². The molecular formula is C20H25N5O2. The second-order valence-corrected chi connectivity index (χ2v) is 7.62. The lowest BCUT2D eigenvalue weighted by molar-refractivity contribution is -0.131. The van der Waals surface area contributed by atoms with Gasteiger partial charge in [0.15, 0.2) is 0 Å². The van der Waals surface area contributed by atoms with Crippen molar-refractivity contribution in [2.24, 2.45) is 5.92 Å². The van der Waals surface area contributed by atoms with E-state index in [1.807, 2.05) is 42.2 Å². The zero-order valence-electron chi connectivity index (χ0n) is 15.8. The summed E-state index contributed by atoms with van der Waals surface area (Å²) < 4.78 is 0. The number of hydrogen-bond donors (Lipinski definition) is 2. The highest BCUT2D eigenvalue weighted by molar-refractivity contribution is 5.97. The molecule has 0 unspecified atom stereocenters. The van der Waals surface area contributed by atoms with Crippen LogP contribution in [0.3, 0.4) is 0 Å². The summed E-state index contributed by atoms with van der Waals surface area (Å²) in [5, 5.41) is 3.99. The van der Waals surface area contributed by atoms with E-state index >= 15 is 0 Å². The Morgan fingerprint density at radius 1 is 1.37 bits per heavy atom. The average Bonchev–Trinajstić information content (AvgIpc) is 3.39. The Bertz CT molecular complexity index is 910. The number of aromatic amines is 1. The van der Waals surface area contributed by atoms with Gasteiger partial charge in [0.1, 0.15) is 11.5 Å². The van der Waals surface area contributed by atoms with Gasteiger partial charge in [-0.25, -0.2) is 4.98 Å². The molecule has 0 bridgehead atoms. The molecule has 2 amide bonds. The molecular weight excluding hydrogens is 342 g/mol. The van der Waals surface area contributed by atoms with Crippen LogP contribution in [0.4, 0.5) is 5.82 Å². The van der Waals surface area contributed by atoms with Crippen LogP contribution in [0.15, 0.2) is 24.4 Å². The summed E-state index contributed by atoms with van der Waals surface area (Å²) in [6.07, 6.45) is 6.70. The number of nitrogens with zero attached hydrogens (tertiary/aromatic N) is 3. The summed E-state index contributed by atoms with van der Waals surface area (Å²) in [5.41, 5.74) is 3.04. The van der Waals surface area contributed by atoms with E-state index in [4.69, 9.17) is 0 Å². The van der Waals surface area contributed by atoms with Crippen molar-refractivity contribution in [1.29, 1.82) is 0 Å². The number of likely N-dealkylation sites (N-methyl/N-ethyl adjacent to an activating group) is 1. The van der Waals surface area contributed by atoms with E-state index in [0.717, 1.165) is 35.9 Å². The predicted octanol–water partition coefficient (Wildman–Crippen LogP) is 2.09. The number of fused-ring (bicyclic) bond motifs is 1. The second kappa shape index (κ2) is 7.15. The van der Waals surface area contributed by atoms with Crippen LogP contribution in [0.2, 0.25) is 0 Å². The summed E-state index contributed by atoms with van der Waals surface area (Å²) in [7, 11) is 3.81. The van der Waals surface area contributed by atoms with E-state index in [2.05, 4.69) is 21.4 Å². The van der Waals surface area contributed by atoms with E-state index in [9.17, 15) is 9.59 Å². The minimum atomic E-state index is 0.0532. The maximum Gasteiger partial charge on any atom is 0.237 e. The van der Waals surface area contributed by atoms with Gasteiger partial charge < -0.3 is 20.1 Å². The van der Waals surface area contributed by atoms with Gasteiger partial charge in [-0.05, 0) is 56.6 Å². The number of anilines is 1. The lowest BCUT2D eigenvalue weighted by Gasteiger charge is -2.28. The first-order valence-corrected chi connectivity index (χ1v) is 9.42. The monoisotopic (exact) mass is 367 g/mol. The molecule has 0 aromatic carbocycles. The largest absolute Gasteiger partial charge is 0.346 e. The zero-order valence-corrected chi connectivity index (χ0v) is 15.8. The normalized spacial score (nSPS) is 17.3. The Kier molecular flexibility index (Phi) is 4.70. The van der Waals surface area contributed by atoms with Gasteiger partial charge in [-0.3, -0.25) is 9.59 Å². The molecule has 2 aromatic heterocycles. The highest BCUT2D eigenvalue weighted by atomic mass is 16.2. The van der Waals surface area contributed by atoms with Crippen LogP contribution in [0.25, 0.3) is 16.6 Å². The van der Waals surface area contributed by atoms with Crippen molar-refractivity contribution in [1.82, 2.24) is 19.8 Å². The molecule has 142 valence electrons. The number of amides is 2. The van der Waals surface area contributed by atoms with Gasteiger partial charge in [0.05, 0.1) is 6.54 Å². The maximum absolute atomic E-state index is 12.3. The number of carbonyl (C=O) groups excluding carboxylic acids is 2. The zero-order chi connectivity index (χ0) is 19.0. The SMILES string of the molecule is CN(C)CC(=O)N1CC=C(c2cc(NC(=O)C3CC3)nc3[nH]ccc23)CC1. The van der Waals surface area contributed by atoms with E-state index in [0.29, 0.717) is 25.5 Å². The molecule has 27 heavy (non-hydrogen) atoms. The number of hydrogen-bond acceptors (Lipinski definition) is 4. The lowest BCUT2D eigenvalue weighted by Crippen LogP contribution is -2.40. The Morgan fingerprint density at radius 2 is 2.19 bits per heavy atom. The molecule has 1 saturated carbocycles. The van der Waals surface area contributed by atoms with Crippen LogP contribution in [-0.2, 0) is 9.59 Å². The fourth-order valence-corrected chi connectivity index (χ4v) is 3.45. The summed E-state index contributed by atoms with van der Waals surface area (Å²) in [6.45, 7) is 1.74. The van der Waals surface area contributed by atoms with Gasteiger partial charge >= 0.3 is 0 Å². The number of H-pyrrole nitrogens is 1. The number of rotatable bonds is 5. The minimum Gasteiger partial charge on any atom is -0.346 e. The van der Waals surface area contributed by atoms with Gasteiger partial charge in [-0.1, -0.05) is 6.08 Å². The molecule has 3 heterocycles. The highest BCUT2D eigenvalue weighted by Crippen LogP contribution is 2.33. The first kappa shape index (κ1) is 17.7. The topological polar surface area (TPSA) is 81.3 Å². The summed E-state index contributed by atoms with van der Waals surface area (Å²) in [4.78, 5) is 35.8. The smallest absolute Gasteiger partial charge is 0.237 e. The van der Waals surface area contributed by atoms with Crippen molar-refractivity contribution in [3.05, 3.63) is 30.0 Å². The highest BCUT2D eigenvalue weighted by Gasteiger charge is 2.30. The molecule has 0 spiro atoms. The Labute approximate surface area is 158 Å². The molecule has 2 aliphatic rings. The fourth-order valence-electron chi connectivity index (χ4n) is 3.45. The summed E-state index contributed by atoms with van der Waals surface area (Å²) in [6, 6.07) is 3.97. The molecule has 2 aromatic rings. The number of pyridine rings is 1. The third kappa shape index (κ3) is 3.88. The molecule has 0 atom stereocenters. The van der Waals surface area contributed by atoms with E-state index in [1.54, 1.807) is 0 Å². The Morgan fingerprint density at radius 3 is 2.85 bits per heavy atom. The fraction of sp³-hybridized carbons (Fsp3) is 0.450. The molecule has 0 saturated heterocycles. The first-order valence-electron chi connectivity index (χ1n) is 9.42. The van der Waals surface area contributed by atoms with Crippen LogP contribution in [-0.4, -0.2) is 65.3 Å². The minimum absolute atomic E-state index is 0.0532. The third-order valence-corrected chi connectivity index (χ3v) is 5.09. The van der Waals surface area contributed by atoms with E-state index in [1.165, 1.54) is 5.57 Å². The van der Waals surface area contributed by atoms with Crippen molar-refractivity contribution in [3.8, 4) is 0 Å². The quantitative estimate of drug-likeness (QED) is 0.848.